The van der Waals surface area contributed by atoms with Gasteiger partial charge in [0.25, 0.3) is 5.91 Å². The van der Waals surface area contributed by atoms with Crippen LogP contribution in [0, 0.1) is 5.92 Å². The Labute approximate surface area is 145 Å². The summed E-state index contributed by atoms with van der Waals surface area (Å²) in [6, 6.07) is 6.22. The van der Waals surface area contributed by atoms with Crippen LogP contribution in [0.3, 0.4) is 0 Å². The molecule has 1 aromatic rings. The number of benzene rings is 1. The third kappa shape index (κ3) is 2.98. The Morgan fingerprint density at radius 3 is 2.92 bits per heavy atom. The maximum Gasteiger partial charge on any atom is 0.325 e. The molecule has 0 aromatic heterocycles. The molecule has 6 nitrogen and oxygen atoms in total. The Morgan fingerprint density at radius 1 is 1.42 bits per heavy atom. The van der Waals surface area contributed by atoms with Crippen molar-refractivity contribution in [2.75, 3.05) is 11.9 Å². The molecule has 4 amide bonds. The highest BCUT2D eigenvalue weighted by Crippen LogP contribution is 2.38. The van der Waals surface area contributed by atoms with Crippen molar-refractivity contribution < 1.29 is 14.4 Å². The van der Waals surface area contributed by atoms with Gasteiger partial charge < -0.3 is 10.6 Å². The number of halogens is 1. The second kappa shape index (κ2) is 6.43. The number of anilines is 1. The van der Waals surface area contributed by atoms with E-state index >= 15 is 0 Å². The molecule has 2 N–H and O–H groups in total. The molecule has 1 saturated heterocycles. The predicted octanol–water partition coefficient (Wildman–Crippen LogP) is 2.78. The normalized spacial score (nSPS) is 26.6. The van der Waals surface area contributed by atoms with Crippen molar-refractivity contribution in [1.82, 2.24) is 10.2 Å². The highest BCUT2D eigenvalue weighted by atomic mass is 35.5. The van der Waals surface area contributed by atoms with Gasteiger partial charge in [0, 0.05) is 10.7 Å². The van der Waals surface area contributed by atoms with Crippen LogP contribution >= 0.6 is 11.6 Å². The summed E-state index contributed by atoms with van der Waals surface area (Å²) in [4.78, 5) is 38.2. The van der Waals surface area contributed by atoms with Gasteiger partial charge in [-0.1, -0.05) is 37.4 Å². The Balaban J connectivity index is 1.70. The Morgan fingerprint density at radius 2 is 2.21 bits per heavy atom. The molecule has 24 heavy (non-hydrogen) atoms. The van der Waals surface area contributed by atoms with Crippen LogP contribution in [-0.2, 0) is 9.59 Å². The maximum absolute atomic E-state index is 12.8. The van der Waals surface area contributed by atoms with Gasteiger partial charge in [0.15, 0.2) is 0 Å². The molecule has 2 fully saturated rings. The van der Waals surface area contributed by atoms with Crippen molar-refractivity contribution in [2.45, 2.75) is 38.1 Å². The van der Waals surface area contributed by atoms with E-state index in [1.807, 2.05) is 6.92 Å². The van der Waals surface area contributed by atoms with E-state index in [-0.39, 0.29) is 18.4 Å². The molecule has 0 radical (unpaired) electrons. The summed E-state index contributed by atoms with van der Waals surface area (Å²) in [7, 11) is 0. The largest absolute Gasteiger partial charge is 0.325 e. The summed E-state index contributed by atoms with van der Waals surface area (Å²) in [5.74, 6) is -0.647. The van der Waals surface area contributed by atoms with Gasteiger partial charge in [-0.25, -0.2) is 4.79 Å². The van der Waals surface area contributed by atoms with Crippen LogP contribution in [0.2, 0.25) is 5.02 Å². The first kappa shape index (κ1) is 16.8. The minimum absolute atomic E-state index is 0.0729. The van der Waals surface area contributed by atoms with Crippen LogP contribution in [0.25, 0.3) is 0 Å². The van der Waals surface area contributed by atoms with E-state index in [0.717, 1.165) is 24.2 Å². The fraction of sp³-hybridized carbons (Fsp3) is 0.471. The van der Waals surface area contributed by atoms with Crippen molar-refractivity contribution >= 4 is 35.1 Å². The van der Waals surface area contributed by atoms with E-state index < -0.39 is 17.5 Å². The summed E-state index contributed by atoms with van der Waals surface area (Å²) >= 11 is 5.88. The molecule has 2 atom stereocenters. The van der Waals surface area contributed by atoms with E-state index in [0.29, 0.717) is 17.1 Å². The number of amides is 4. The molecule has 2 unspecified atom stereocenters. The number of urea groups is 1. The van der Waals surface area contributed by atoms with Gasteiger partial charge in [-0.3, -0.25) is 14.5 Å². The lowest BCUT2D eigenvalue weighted by atomic mass is 9.73. The van der Waals surface area contributed by atoms with Gasteiger partial charge in [-0.15, -0.1) is 0 Å². The average molecular weight is 350 g/mol. The highest BCUT2D eigenvalue weighted by molar-refractivity contribution is 6.30. The fourth-order valence-electron chi connectivity index (χ4n) is 3.55. The number of rotatable bonds is 3. The zero-order chi connectivity index (χ0) is 17.3. The second-order valence-corrected chi connectivity index (χ2v) is 6.93. The van der Waals surface area contributed by atoms with Crippen molar-refractivity contribution in [2.24, 2.45) is 5.92 Å². The third-order valence-electron chi connectivity index (χ3n) is 4.91. The number of hydrogen-bond donors (Lipinski definition) is 2. The van der Waals surface area contributed by atoms with Crippen LogP contribution in [-0.4, -0.2) is 34.8 Å². The summed E-state index contributed by atoms with van der Waals surface area (Å²) in [5, 5.41) is 5.99. The SMILES string of the molecule is CC1CCCCC12NC(=O)N(CC(=O)Nc1cccc(Cl)c1)C2=O. The lowest BCUT2D eigenvalue weighted by molar-refractivity contribution is -0.136. The number of carbonyl (C=O) groups excluding carboxylic acids is 3. The molecular formula is C17H20ClN3O3. The van der Waals surface area contributed by atoms with E-state index in [1.165, 1.54) is 0 Å². The summed E-state index contributed by atoms with van der Waals surface area (Å²) in [6.45, 7) is 1.68. The number of nitrogens with one attached hydrogen (secondary N) is 2. The number of nitrogens with zero attached hydrogens (tertiary/aromatic N) is 1. The van der Waals surface area contributed by atoms with Gasteiger partial charge in [-0.2, -0.15) is 0 Å². The summed E-state index contributed by atoms with van der Waals surface area (Å²) in [5.41, 5.74) is -0.314. The average Bonchev–Trinajstić information content (AvgIpc) is 2.75. The molecular weight excluding hydrogens is 330 g/mol. The Hall–Kier alpha value is -2.08. The molecule has 0 bridgehead atoms. The zero-order valence-corrected chi connectivity index (χ0v) is 14.2. The second-order valence-electron chi connectivity index (χ2n) is 6.50. The lowest BCUT2D eigenvalue weighted by Gasteiger charge is -2.36. The minimum Gasteiger partial charge on any atom is -0.324 e. The van der Waals surface area contributed by atoms with Crippen LogP contribution in [0.1, 0.15) is 32.6 Å². The van der Waals surface area contributed by atoms with Gasteiger partial charge >= 0.3 is 6.03 Å². The van der Waals surface area contributed by atoms with Crippen LogP contribution in [0.5, 0.6) is 0 Å². The Kier molecular flexibility index (Phi) is 4.49. The van der Waals surface area contributed by atoms with Gasteiger partial charge in [-0.05, 0) is 37.0 Å². The van der Waals surface area contributed by atoms with Gasteiger partial charge in [0.05, 0.1) is 0 Å². The first-order valence-corrected chi connectivity index (χ1v) is 8.50. The third-order valence-corrected chi connectivity index (χ3v) is 5.15. The molecule has 1 saturated carbocycles. The van der Waals surface area contributed by atoms with E-state index in [1.54, 1.807) is 24.3 Å². The van der Waals surface area contributed by atoms with Gasteiger partial charge in [0.1, 0.15) is 12.1 Å². The molecule has 1 aromatic carbocycles. The van der Waals surface area contributed by atoms with E-state index in [4.69, 9.17) is 11.6 Å². The van der Waals surface area contributed by atoms with Crippen molar-refractivity contribution in [3.8, 4) is 0 Å². The monoisotopic (exact) mass is 349 g/mol. The molecule has 1 aliphatic heterocycles. The minimum atomic E-state index is -0.842. The molecule has 1 aliphatic carbocycles. The first-order chi connectivity index (χ1) is 11.4. The van der Waals surface area contributed by atoms with Crippen molar-refractivity contribution in [3.63, 3.8) is 0 Å². The standard InChI is InChI=1S/C17H20ClN3O3/c1-11-5-2-3-8-17(11)15(23)21(16(24)20-17)10-14(22)19-13-7-4-6-12(18)9-13/h4,6-7,9,11H,2-3,5,8,10H2,1H3,(H,19,22)(H,20,24). The maximum atomic E-state index is 12.8. The quantitative estimate of drug-likeness (QED) is 0.823. The number of hydrogen-bond acceptors (Lipinski definition) is 3. The fourth-order valence-corrected chi connectivity index (χ4v) is 3.74. The van der Waals surface area contributed by atoms with Crippen LogP contribution < -0.4 is 10.6 Å². The van der Waals surface area contributed by atoms with Crippen LogP contribution in [0.4, 0.5) is 10.5 Å². The summed E-state index contributed by atoms with van der Waals surface area (Å²) in [6.07, 6.45) is 3.49. The first-order valence-electron chi connectivity index (χ1n) is 8.12. The van der Waals surface area contributed by atoms with E-state index in [2.05, 4.69) is 10.6 Å². The molecule has 1 heterocycles. The lowest BCUT2D eigenvalue weighted by Crippen LogP contribution is -2.54. The Bertz CT molecular complexity index is 693. The highest BCUT2D eigenvalue weighted by Gasteiger charge is 2.55. The molecule has 1 spiro atoms. The summed E-state index contributed by atoms with van der Waals surface area (Å²) < 4.78 is 0. The van der Waals surface area contributed by atoms with Crippen LogP contribution in [0.15, 0.2) is 24.3 Å². The topological polar surface area (TPSA) is 78.5 Å². The smallest absolute Gasteiger partial charge is 0.324 e. The zero-order valence-electron chi connectivity index (χ0n) is 13.5. The predicted molar refractivity (Wildman–Crippen MR) is 90.7 cm³/mol. The number of imide groups is 1. The van der Waals surface area contributed by atoms with Gasteiger partial charge in [0.2, 0.25) is 5.91 Å². The van der Waals surface area contributed by atoms with Crippen molar-refractivity contribution in [3.05, 3.63) is 29.3 Å². The van der Waals surface area contributed by atoms with E-state index in [9.17, 15) is 14.4 Å². The molecule has 2 aliphatic rings. The molecule has 3 rings (SSSR count). The molecule has 7 heteroatoms. The van der Waals surface area contributed by atoms with Crippen molar-refractivity contribution in [1.29, 1.82) is 0 Å². The molecule has 128 valence electrons. The number of carbonyl (C=O) groups is 3.